The average Bonchev–Trinajstić information content (AvgIpc) is 1.87. The summed E-state index contributed by atoms with van der Waals surface area (Å²) in [6, 6.07) is 0. The first-order valence-corrected chi connectivity index (χ1v) is 3.93. The first kappa shape index (κ1) is 8.16. The minimum absolute atomic E-state index is 1.46. The van der Waals surface area contributed by atoms with E-state index in [-0.39, 0.29) is 0 Å². The zero-order valence-corrected chi connectivity index (χ0v) is 6.30. The predicted molar refractivity (Wildman–Crippen MR) is 32.5 cm³/mol. The van der Waals surface area contributed by atoms with Crippen LogP contribution in [-0.4, -0.2) is 37.4 Å². The molecule has 0 fully saturated rings. The molecule has 0 aliphatic heterocycles. The van der Waals surface area contributed by atoms with Gasteiger partial charge in [-0.25, -0.2) is 0 Å². The lowest BCUT2D eigenvalue weighted by Gasteiger charge is -2.19. The monoisotopic (exact) mass is 132 g/mol. The molecule has 0 aromatic carbocycles. The van der Waals surface area contributed by atoms with Crippen LogP contribution in [0.25, 0.3) is 0 Å². The molecule has 0 heterocycles. The summed E-state index contributed by atoms with van der Waals surface area (Å²) >= 11 is 0. The summed E-state index contributed by atoms with van der Waals surface area (Å²) in [6.07, 6.45) is 0. The second kappa shape index (κ2) is 3.24. The van der Waals surface area contributed by atoms with Crippen LogP contribution in [0, 0.1) is 0 Å². The molecule has 0 aromatic rings. The first-order valence-electron chi connectivity index (χ1n) is 2.13. The van der Waals surface area contributed by atoms with Gasteiger partial charge in [0.2, 0.25) is 0 Å². The lowest BCUT2D eigenvalue weighted by atomic mass is 10.8. The van der Waals surface area contributed by atoms with Crippen molar-refractivity contribution in [2.45, 2.75) is 0 Å². The smallest absolute Gasteiger partial charge is 0.384 e. The van der Waals surface area contributed by atoms with Crippen molar-refractivity contribution in [2.24, 2.45) is 0 Å². The highest BCUT2D eigenvalue weighted by Gasteiger charge is 2.27. The van der Waals surface area contributed by atoms with Crippen LogP contribution in [0.2, 0.25) is 0 Å². The summed E-state index contributed by atoms with van der Waals surface area (Å²) in [5.74, 6) is 0. The number of hydrogen-bond donors (Lipinski definition) is 0. The second-order valence-electron chi connectivity index (χ2n) is 1.22. The van der Waals surface area contributed by atoms with E-state index in [1.54, 1.807) is 0 Å². The summed E-state index contributed by atoms with van der Waals surface area (Å²) in [5, 5.41) is 0. The zero-order chi connectivity index (χ0) is 6.62. The van der Waals surface area contributed by atoms with Gasteiger partial charge in [0.25, 0.3) is 0 Å². The average molecular weight is 132 g/mol. The van der Waals surface area contributed by atoms with Gasteiger partial charge in [-0.2, -0.15) is 0 Å². The Morgan fingerprint density at radius 1 is 1.00 bits per heavy atom. The second-order valence-corrected chi connectivity index (χ2v) is 3.65. The molecule has 0 saturated heterocycles. The van der Waals surface area contributed by atoms with E-state index in [2.05, 4.69) is 0 Å². The summed E-state index contributed by atoms with van der Waals surface area (Å²) in [7, 11) is 7.07. The highest BCUT2D eigenvalue weighted by molar-refractivity contribution is 7.05. The van der Waals surface area contributed by atoms with Crippen LogP contribution < -0.4 is 0 Å². The van der Waals surface area contributed by atoms with Gasteiger partial charge in [0, 0.05) is 21.3 Å². The van der Waals surface area contributed by atoms with Crippen molar-refractivity contribution in [3.63, 3.8) is 0 Å². The lowest BCUT2D eigenvalue weighted by Crippen LogP contribution is -2.43. The van der Waals surface area contributed by atoms with Gasteiger partial charge in [0.15, 0.2) is 7.44 Å². The van der Waals surface area contributed by atoms with Crippen molar-refractivity contribution in [1.82, 2.24) is 0 Å². The van der Waals surface area contributed by atoms with Gasteiger partial charge in [-0.3, -0.25) is 0 Å². The third kappa shape index (κ3) is 1.96. The lowest BCUT2D eigenvalue weighted by molar-refractivity contribution is 0.149. The highest BCUT2D eigenvalue weighted by Crippen LogP contribution is 1.96. The van der Waals surface area contributed by atoms with Crippen LogP contribution >= 0.6 is 0 Å². The van der Waals surface area contributed by atoms with Crippen molar-refractivity contribution < 1.29 is 13.3 Å². The topological polar surface area (TPSA) is 27.7 Å². The summed E-state index contributed by atoms with van der Waals surface area (Å²) in [5.41, 5.74) is 0. The van der Waals surface area contributed by atoms with Crippen LogP contribution in [-0.2, 0) is 13.3 Å². The molecule has 0 saturated carbocycles. The molecule has 0 atom stereocenters. The molecular weight excluding hydrogens is 123 g/mol. The Morgan fingerprint density at radius 2 is 1.25 bits per heavy atom. The Morgan fingerprint density at radius 3 is 1.25 bits per heavy atom. The molecule has 0 aliphatic carbocycles. The van der Waals surface area contributed by atoms with Gasteiger partial charge in [0.1, 0.15) is 0 Å². The quantitative estimate of drug-likeness (QED) is 0.486. The Kier molecular flexibility index (Phi) is 3.31. The summed E-state index contributed by atoms with van der Waals surface area (Å²) < 4.78 is 14.1. The fourth-order valence-electron chi connectivity index (χ4n) is 0.250. The molecule has 2 radical (unpaired) electrons. The van der Waals surface area contributed by atoms with Crippen molar-refractivity contribution in [3.8, 4) is 0 Å². The third-order valence-corrected chi connectivity index (χ3v) is 2.56. The Balaban J connectivity index is 3.58. The number of rotatable bonds is 3. The Labute approximate surface area is 51.7 Å². The largest absolute Gasteiger partial charge is 0.427 e. The maximum Gasteiger partial charge on any atom is 0.427 e. The molecule has 3 nitrogen and oxygen atoms in total. The van der Waals surface area contributed by atoms with Crippen LogP contribution in [0.4, 0.5) is 0 Å². The zero-order valence-electron chi connectivity index (χ0n) is 5.30. The first-order chi connectivity index (χ1) is 3.68. The van der Waals surface area contributed by atoms with Crippen molar-refractivity contribution in [3.05, 3.63) is 0 Å². The van der Waals surface area contributed by atoms with E-state index in [0.29, 0.717) is 0 Å². The van der Waals surface area contributed by atoms with E-state index in [9.17, 15) is 0 Å². The van der Waals surface area contributed by atoms with E-state index in [0.717, 1.165) is 0 Å². The fraction of sp³-hybridized carbons (Fsp3) is 1.00. The van der Waals surface area contributed by atoms with E-state index in [1.807, 2.05) is 0 Å². The number of hydrogen-bond acceptors (Lipinski definition) is 3. The Bertz CT molecular complexity index is 57.3. The predicted octanol–water partition coefficient (Wildman–Crippen LogP) is -0.470. The van der Waals surface area contributed by atoms with Gasteiger partial charge in [-0.1, -0.05) is 0 Å². The molecule has 46 valence electrons. The van der Waals surface area contributed by atoms with Gasteiger partial charge in [-0.05, 0) is 0 Å². The molecule has 0 unspecified atom stereocenters. The van der Waals surface area contributed by atoms with Crippen LogP contribution in [0.15, 0.2) is 0 Å². The summed E-state index contributed by atoms with van der Waals surface area (Å²) in [6.45, 7) is 0. The molecule has 8 heavy (non-hydrogen) atoms. The van der Waals surface area contributed by atoms with Gasteiger partial charge < -0.3 is 13.3 Å². The molecule has 0 bridgehead atoms. The molecule has 0 spiro atoms. The standard InChI is InChI=1S/C3H9BO3Si/c1-5-8(4,6-2)7-3/h1-3H3. The van der Waals surface area contributed by atoms with E-state index >= 15 is 0 Å². The molecule has 0 aromatic heterocycles. The van der Waals surface area contributed by atoms with Crippen molar-refractivity contribution in [2.75, 3.05) is 21.3 Å². The van der Waals surface area contributed by atoms with Gasteiger partial charge in [-0.15, -0.1) is 0 Å². The molecule has 0 N–H and O–H groups in total. The highest BCUT2D eigenvalue weighted by atomic mass is 28.4. The normalized spacial score (nSPS) is 11.9. The van der Waals surface area contributed by atoms with Crippen LogP contribution in [0.3, 0.4) is 0 Å². The fourth-order valence-corrected chi connectivity index (χ4v) is 0.750. The minimum atomic E-state index is -2.67. The molecule has 5 heteroatoms. The van der Waals surface area contributed by atoms with Gasteiger partial charge in [0.05, 0.1) is 0 Å². The SMILES string of the molecule is [B][Si](OC)(OC)OC. The van der Waals surface area contributed by atoms with E-state index in [4.69, 9.17) is 20.7 Å². The van der Waals surface area contributed by atoms with Crippen LogP contribution in [0.1, 0.15) is 0 Å². The van der Waals surface area contributed by atoms with Crippen LogP contribution in [0.5, 0.6) is 0 Å². The molecule has 0 amide bonds. The molecule has 0 aliphatic rings. The maximum atomic E-state index is 5.37. The van der Waals surface area contributed by atoms with E-state index in [1.165, 1.54) is 21.3 Å². The van der Waals surface area contributed by atoms with Crippen molar-refractivity contribution in [1.29, 1.82) is 0 Å². The van der Waals surface area contributed by atoms with Gasteiger partial charge >= 0.3 is 8.67 Å². The third-order valence-electron chi connectivity index (χ3n) is 0.854. The Hall–Kier alpha value is 0.162. The van der Waals surface area contributed by atoms with E-state index < -0.39 is 8.67 Å². The van der Waals surface area contributed by atoms with Crippen molar-refractivity contribution >= 4 is 16.1 Å². The summed E-state index contributed by atoms with van der Waals surface area (Å²) in [4.78, 5) is 0. The minimum Gasteiger partial charge on any atom is -0.384 e. The molecule has 0 rings (SSSR count). The maximum absolute atomic E-state index is 5.37. The molecular formula is C3H9BO3Si.